The first-order valence-electron chi connectivity index (χ1n) is 6.55. The zero-order valence-electron chi connectivity index (χ0n) is 12.5. The van der Waals surface area contributed by atoms with Crippen LogP contribution in [0.4, 0.5) is 0 Å². The first-order chi connectivity index (χ1) is 8.88. The Morgan fingerprint density at radius 2 is 1.37 bits per heavy atom. The second kappa shape index (κ2) is 5.17. The Morgan fingerprint density at radius 1 is 0.947 bits per heavy atom. The molecule has 2 rings (SSSR count). The van der Waals surface area contributed by atoms with Gasteiger partial charge in [-0.1, -0.05) is 0 Å². The van der Waals surface area contributed by atoms with Crippen molar-refractivity contribution in [1.82, 2.24) is 24.0 Å². The summed E-state index contributed by atoms with van der Waals surface area (Å²) in [6, 6.07) is 0. The fourth-order valence-electron chi connectivity index (χ4n) is 1.97. The van der Waals surface area contributed by atoms with Crippen molar-refractivity contribution in [2.45, 2.75) is 39.4 Å². The lowest BCUT2D eigenvalue weighted by Gasteiger charge is -2.35. The van der Waals surface area contributed by atoms with Crippen LogP contribution >= 0.6 is 0 Å². The van der Waals surface area contributed by atoms with Crippen molar-refractivity contribution >= 4 is 0 Å². The molecule has 0 spiro atoms. The van der Waals surface area contributed by atoms with E-state index in [-0.39, 0.29) is 5.54 Å². The van der Waals surface area contributed by atoms with E-state index in [1.54, 1.807) is 0 Å². The van der Waals surface area contributed by atoms with Crippen LogP contribution in [0.25, 0.3) is 0 Å². The third kappa shape index (κ3) is 3.23. The molecule has 5 heteroatoms. The van der Waals surface area contributed by atoms with Gasteiger partial charge in [0.25, 0.3) is 0 Å². The number of hydrogen-bond donors (Lipinski definition) is 0. The summed E-state index contributed by atoms with van der Waals surface area (Å²) >= 11 is 0. The molecular weight excluding hydrogens is 238 g/mol. The van der Waals surface area contributed by atoms with Crippen LogP contribution in [0.5, 0.6) is 0 Å². The molecule has 2 heterocycles. The number of nitrogens with zero attached hydrogens (tertiary/aromatic N) is 5. The summed E-state index contributed by atoms with van der Waals surface area (Å²) in [7, 11) is 4.06. The monoisotopic (exact) mass is 261 g/mol. The van der Waals surface area contributed by atoms with Crippen LogP contribution in [0.1, 0.15) is 32.4 Å². The largest absolute Gasteiger partial charge is 0.337 e. The minimum absolute atomic E-state index is 0.0674. The van der Waals surface area contributed by atoms with E-state index < -0.39 is 0 Å². The Labute approximate surface area is 114 Å². The zero-order valence-corrected chi connectivity index (χ0v) is 12.5. The number of aryl methyl sites for hydroxylation is 2. The maximum Gasteiger partial charge on any atom is 0.122 e. The van der Waals surface area contributed by atoms with Crippen molar-refractivity contribution < 1.29 is 0 Å². The Morgan fingerprint density at radius 3 is 1.63 bits per heavy atom. The van der Waals surface area contributed by atoms with E-state index in [1.807, 2.05) is 38.9 Å². The molecule has 0 amide bonds. The molecule has 0 saturated heterocycles. The highest BCUT2D eigenvalue weighted by Gasteiger charge is 2.24. The molecule has 0 N–H and O–H groups in total. The van der Waals surface area contributed by atoms with E-state index in [0.29, 0.717) is 0 Å². The van der Waals surface area contributed by atoms with Gasteiger partial charge in [-0.25, -0.2) is 9.97 Å². The standard InChI is InChI=1S/C14H23N5/c1-14(2,3)19(10-12-15-6-8-17(12)4)11-13-16-7-9-18(13)5/h6-9H,10-11H2,1-5H3. The van der Waals surface area contributed by atoms with Gasteiger partial charge in [-0.05, 0) is 20.8 Å². The fourth-order valence-corrected chi connectivity index (χ4v) is 1.97. The fraction of sp³-hybridized carbons (Fsp3) is 0.571. The number of aromatic nitrogens is 4. The summed E-state index contributed by atoms with van der Waals surface area (Å²) in [5, 5.41) is 0. The summed E-state index contributed by atoms with van der Waals surface area (Å²) < 4.78 is 4.13. The van der Waals surface area contributed by atoms with E-state index >= 15 is 0 Å². The molecule has 0 unspecified atom stereocenters. The van der Waals surface area contributed by atoms with Crippen LogP contribution in [0.15, 0.2) is 24.8 Å². The molecule has 0 aliphatic carbocycles. The van der Waals surface area contributed by atoms with Crippen LogP contribution < -0.4 is 0 Å². The molecule has 19 heavy (non-hydrogen) atoms. The molecule has 0 atom stereocenters. The Balaban J connectivity index is 2.18. The van der Waals surface area contributed by atoms with Gasteiger partial charge in [-0.3, -0.25) is 4.90 Å². The zero-order chi connectivity index (χ0) is 14.0. The molecule has 0 aromatic carbocycles. The van der Waals surface area contributed by atoms with E-state index in [2.05, 4.69) is 44.8 Å². The Hall–Kier alpha value is -1.62. The van der Waals surface area contributed by atoms with Gasteiger partial charge in [-0.15, -0.1) is 0 Å². The highest BCUT2D eigenvalue weighted by atomic mass is 15.2. The van der Waals surface area contributed by atoms with Gasteiger partial charge in [0.05, 0.1) is 13.1 Å². The molecular formula is C14H23N5. The minimum Gasteiger partial charge on any atom is -0.337 e. The first kappa shape index (κ1) is 13.8. The summed E-state index contributed by atoms with van der Waals surface area (Å²) in [5.41, 5.74) is 0.0674. The highest BCUT2D eigenvalue weighted by molar-refractivity contribution is 4.97. The van der Waals surface area contributed by atoms with Crippen LogP contribution in [-0.2, 0) is 27.2 Å². The molecule has 0 bridgehead atoms. The lowest BCUT2D eigenvalue weighted by molar-refractivity contribution is 0.109. The van der Waals surface area contributed by atoms with Gasteiger partial charge < -0.3 is 9.13 Å². The second-order valence-electron chi connectivity index (χ2n) is 5.94. The lowest BCUT2D eigenvalue weighted by atomic mass is 10.1. The molecule has 5 nitrogen and oxygen atoms in total. The molecule has 2 aromatic heterocycles. The van der Waals surface area contributed by atoms with Gasteiger partial charge in [0, 0.05) is 44.4 Å². The molecule has 0 saturated carbocycles. The predicted octanol–water partition coefficient (Wildman–Crippen LogP) is 1.95. The first-order valence-corrected chi connectivity index (χ1v) is 6.55. The molecule has 0 fully saturated rings. The van der Waals surface area contributed by atoms with E-state index in [0.717, 1.165) is 24.7 Å². The average molecular weight is 261 g/mol. The van der Waals surface area contributed by atoms with E-state index in [9.17, 15) is 0 Å². The molecule has 0 aliphatic heterocycles. The van der Waals surface area contributed by atoms with Gasteiger partial charge in [0.2, 0.25) is 0 Å². The van der Waals surface area contributed by atoms with Crippen molar-refractivity contribution in [3.8, 4) is 0 Å². The SMILES string of the molecule is Cn1ccnc1CN(Cc1nccn1C)C(C)(C)C. The summed E-state index contributed by atoms with van der Waals surface area (Å²) in [4.78, 5) is 11.2. The third-order valence-corrected chi connectivity index (χ3v) is 3.46. The Bertz CT molecular complexity index is 490. The number of rotatable bonds is 4. The molecule has 104 valence electrons. The molecule has 0 radical (unpaired) electrons. The van der Waals surface area contributed by atoms with Crippen molar-refractivity contribution in [3.05, 3.63) is 36.4 Å². The van der Waals surface area contributed by atoms with Gasteiger partial charge >= 0.3 is 0 Å². The summed E-state index contributed by atoms with van der Waals surface area (Å²) in [6.45, 7) is 8.30. The molecule has 2 aromatic rings. The smallest absolute Gasteiger partial charge is 0.122 e. The minimum atomic E-state index is 0.0674. The highest BCUT2D eigenvalue weighted by Crippen LogP contribution is 2.19. The maximum atomic E-state index is 4.41. The quantitative estimate of drug-likeness (QED) is 0.844. The van der Waals surface area contributed by atoms with Crippen LogP contribution in [0, 0.1) is 0 Å². The Kier molecular flexibility index (Phi) is 3.75. The van der Waals surface area contributed by atoms with Crippen molar-refractivity contribution in [1.29, 1.82) is 0 Å². The van der Waals surface area contributed by atoms with Crippen molar-refractivity contribution in [2.24, 2.45) is 14.1 Å². The third-order valence-electron chi connectivity index (χ3n) is 3.46. The number of imidazole rings is 2. The maximum absolute atomic E-state index is 4.41. The average Bonchev–Trinajstić information content (AvgIpc) is 2.87. The van der Waals surface area contributed by atoms with Crippen LogP contribution in [0.3, 0.4) is 0 Å². The van der Waals surface area contributed by atoms with Crippen LogP contribution in [-0.4, -0.2) is 29.5 Å². The van der Waals surface area contributed by atoms with Crippen LogP contribution in [0.2, 0.25) is 0 Å². The molecule has 0 aliphatic rings. The predicted molar refractivity (Wildman–Crippen MR) is 75.4 cm³/mol. The second-order valence-corrected chi connectivity index (χ2v) is 5.94. The summed E-state index contributed by atoms with van der Waals surface area (Å²) in [5.74, 6) is 2.15. The van der Waals surface area contributed by atoms with E-state index in [4.69, 9.17) is 0 Å². The van der Waals surface area contributed by atoms with Crippen molar-refractivity contribution in [3.63, 3.8) is 0 Å². The normalized spacial score (nSPS) is 12.3. The van der Waals surface area contributed by atoms with Crippen molar-refractivity contribution in [2.75, 3.05) is 0 Å². The topological polar surface area (TPSA) is 38.9 Å². The van der Waals surface area contributed by atoms with Gasteiger partial charge in [0.1, 0.15) is 11.6 Å². The lowest BCUT2D eigenvalue weighted by Crippen LogP contribution is -2.41. The van der Waals surface area contributed by atoms with Gasteiger partial charge in [-0.2, -0.15) is 0 Å². The summed E-state index contributed by atoms with van der Waals surface area (Å²) in [6.07, 6.45) is 7.65. The van der Waals surface area contributed by atoms with E-state index in [1.165, 1.54) is 0 Å². The number of hydrogen-bond acceptors (Lipinski definition) is 3. The van der Waals surface area contributed by atoms with Gasteiger partial charge in [0.15, 0.2) is 0 Å².